The predicted molar refractivity (Wildman–Crippen MR) is 104 cm³/mol. The van der Waals surface area contributed by atoms with Gasteiger partial charge in [0.05, 0.1) is 26.7 Å². The minimum absolute atomic E-state index is 0.188. The van der Waals surface area contributed by atoms with Gasteiger partial charge in [-0.25, -0.2) is 0 Å². The van der Waals surface area contributed by atoms with Crippen LogP contribution in [0.3, 0.4) is 0 Å². The molecule has 4 rings (SSSR count). The molecule has 4 aromatic rings. The summed E-state index contributed by atoms with van der Waals surface area (Å²) in [6.07, 6.45) is 0. The predicted octanol–water partition coefficient (Wildman–Crippen LogP) is 4.98. The molecule has 25 heavy (non-hydrogen) atoms. The van der Waals surface area contributed by atoms with Crippen molar-refractivity contribution in [3.8, 4) is 0 Å². The van der Waals surface area contributed by atoms with E-state index in [1.807, 2.05) is 28.7 Å². The fraction of sp³-hybridized carbons (Fsp3) is 0.0625. The van der Waals surface area contributed by atoms with Crippen LogP contribution in [0.2, 0.25) is 10.0 Å². The highest BCUT2D eigenvalue weighted by Crippen LogP contribution is 2.30. The number of nitrogens with zero attached hydrogens (tertiary/aromatic N) is 3. The van der Waals surface area contributed by atoms with Gasteiger partial charge in [0, 0.05) is 5.02 Å². The molecular formula is C16H10Cl2N4OS2. The van der Waals surface area contributed by atoms with Gasteiger partial charge in [-0.2, -0.15) is 0 Å². The lowest BCUT2D eigenvalue weighted by Crippen LogP contribution is -2.14. The summed E-state index contributed by atoms with van der Waals surface area (Å²) >= 11 is 14.9. The number of anilines is 1. The first-order valence-corrected chi connectivity index (χ1v) is 9.78. The quantitative estimate of drug-likeness (QED) is 0.483. The number of para-hydroxylation sites is 1. The largest absolute Gasteiger partial charge is 0.324 e. The number of amides is 1. The molecule has 0 spiro atoms. The Morgan fingerprint density at radius 1 is 1.20 bits per heavy atom. The molecule has 0 bridgehead atoms. The number of nitrogens with one attached hydrogen (secondary N) is 1. The van der Waals surface area contributed by atoms with E-state index in [2.05, 4.69) is 15.5 Å². The number of aromatic nitrogens is 3. The Balaban J connectivity index is 1.52. The molecule has 1 N–H and O–H groups in total. The highest BCUT2D eigenvalue weighted by atomic mass is 35.5. The Kier molecular flexibility index (Phi) is 4.56. The standard InChI is InChI=1S/C16H10Cl2N4OS2/c17-9-5-6-10(18)11(7-9)19-14(23)8-24-15-20-21-16-22(15)12-3-1-2-4-13(12)25-16/h1-7H,8H2,(H,19,23). The molecule has 0 atom stereocenters. The number of thioether (sulfide) groups is 1. The van der Waals surface area contributed by atoms with Gasteiger partial charge >= 0.3 is 0 Å². The van der Waals surface area contributed by atoms with Crippen LogP contribution in [0.4, 0.5) is 5.69 Å². The van der Waals surface area contributed by atoms with Crippen molar-refractivity contribution < 1.29 is 4.79 Å². The molecule has 9 heteroatoms. The van der Waals surface area contributed by atoms with Crippen molar-refractivity contribution in [1.29, 1.82) is 0 Å². The summed E-state index contributed by atoms with van der Waals surface area (Å²) in [5.74, 6) is -0.00109. The summed E-state index contributed by atoms with van der Waals surface area (Å²) in [7, 11) is 0. The van der Waals surface area contributed by atoms with Crippen LogP contribution >= 0.6 is 46.3 Å². The van der Waals surface area contributed by atoms with E-state index >= 15 is 0 Å². The molecule has 0 aliphatic heterocycles. The van der Waals surface area contributed by atoms with E-state index in [0.717, 1.165) is 15.2 Å². The van der Waals surface area contributed by atoms with Gasteiger partial charge in [0.15, 0.2) is 5.16 Å². The first kappa shape index (κ1) is 16.7. The minimum Gasteiger partial charge on any atom is -0.324 e. The molecule has 2 aromatic carbocycles. The second-order valence-electron chi connectivity index (χ2n) is 5.13. The van der Waals surface area contributed by atoms with Crippen LogP contribution in [0.25, 0.3) is 15.2 Å². The van der Waals surface area contributed by atoms with Crippen molar-refractivity contribution in [1.82, 2.24) is 14.6 Å². The lowest BCUT2D eigenvalue weighted by molar-refractivity contribution is -0.113. The van der Waals surface area contributed by atoms with Crippen molar-refractivity contribution in [3.05, 3.63) is 52.5 Å². The van der Waals surface area contributed by atoms with Crippen molar-refractivity contribution >= 4 is 73.1 Å². The van der Waals surface area contributed by atoms with Crippen molar-refractivity contribution in [2.75, 3.05) is 11.1 Å². The van der Waals surface area contributed by atoms with Crippen LogP contribution in [0.15, 0.2) is 47.6 Å². The summed E-state index contributed by atoms with van der Waals surface area (Å²) in [4.78, 5) is 13.0. The lowest BCUT2D eigenvalue weighted by Gasteiger charge is -2.07. The topological polar surface area (TPSA) is 59.3 Å². The molecule has 2 aromatic heterocycles. The van der Waals surface area contributed by atoms with Gasteiger partial charge in [0.1, 0.15) is 0 Å². The van der Waals surface area contributed by atoms with E-state index in [-0.39, 0.29) is 11.7 Å². The van der Waals surface area contributed by atoms with Crippen LogP contribution < -0.4 is 5.32 Å². The second-order valence-corrected chi connectivity index (χ2v) is 7.93. The minimum atomic E-state index is -0.189. The zero-order valence-electron chi connectivity index (χ0n) is 12.6. The van der Waals surface area contributed by atoms with Crippen LogP contribution in [0.5, 0.6) is 0 Å². The number of halogens is 2. The first-order chi connectivity index (χ1) is 12.1. The van der Waals surface area contributed by atoms with Crippen molar-refractivity contribution in [3.63, 3.8) is 0 Å². The third-order valence-electron chi connectivity index (χ3n) is 3.45. The third-order valence-corrected chi connectivity index (χ3v) is 5.95. The lowest BCUT2D eigenvalue weighted by atomic mass is 10.3. The van der Waals surface area contributed by atoms with E-state index < -0.39 is 0 Å². The van der Waals surface area contributed by atoms with Crippen molar-refractivity contribution in [2.24, 2.45) is 0 Å². The number of fused-ring (bicyclic) bond motifs is 3. The number of carbonyl (C=O) groups excluding carboxylic acids is 1. The Hall–Kier alpha value is -1.80. The third kappa shape index (κ3) is 3.32. The maximum absolute atomic E-state index is 12.2. The SMILES string of the molecule is O=C(CSc1nnc2sc3ccccc3n12)Nc1cc(Cl)ccc1Cl. The normalized spacial score (nSPS) is 11.3. The number of rotatable bonds is 4. The van der Waals surface area contributed by atoms with Gasteiger partial charge in [-0.1, -0.05) is 58.4 Å². The maximum Gasteiger partial charge on any atom is 0.234 e. The molecular weight excluding hydrogens is 399 g/mol. The molecule has 0 fully saturated rings. The van der Waals surface area contributed by atoms with Gasteiger partial charge in [-0.15, -0.1) is 10.2 Å². The Bertz CT molecular complexity index is 1090. The highest BCUT2D eigenvalue weighted by Gasteiger charge is 2.14. The van der Waals surface area contributed by atoms with E-state index in [1.54, 1.807) is 29.5 Å². The summed E-state index contributed by atoms with van der Waals surface area (Å²) < 4.78 is 3.09. The number of benzene rings is 2. The number of hydrogen-bond donors (Lipinski definition) is 1. The van der Waals surface area contributed by atoms with E-state index in [1.165, 1.54) is 11.8 Å². The first-order valence-electron chi connectivity index (χ1n) is 7.22. The molecule has 126 valence electrons. The summed E-state index contributed by atoms with van der Waals surface area (Å²) in [5.41, 5.74) is 1.53. The Morgan fingerprint density at radius 2 is 2.04 bits per heavy atom. The Labute approximate surface area is 161 Å². The molecule has 0 aliphatic rings. The average Bonchev–Trinajstić information content (AvgIpc) is 3.15. The molecule has 0 unspecified atom stereocenters. The average molecular weight is 409 g/mol. The fourth-order valence-electron chi connectivity index (χ4n) is 2.36. The van der Waals surface area contributed by atoms with Gasteiger partial charge in [0.25, 0.3) is 0 Å². The van der Waals surface area contributed by atoms with Crippen LogP contribution in [-0.2, 0) is 4.79 Å². The van der Waals surface area contributed by atoms with Crippen LogP contribution in [-0.4, -0.2) is 26.3 Å². The maximum atomic E-state index is 12.2. The van der Waals surface area contributed by atoms with E-state index in [9.17, 15) is 4.79 Å². The zero-order chi connectivity index (χ0) is 17.4. The van der Waals surface area contributed by atoms with Crippen molar-refractivity contribution in [2.45, 2.75) is 5.16 Å². The molecule has 0 saturated carbocycles. The van der Waals surface area contributed by atoms with Gasteiger partial charge in [0.2, 0.25) is 10.9 Å². The molecule has 0 radical (unpaired) electrons. The van der Waals surface area contributed by atoms with E-state index in [4.69, 9.17) is 23.2 Å². The van der Waals surface area contributed by atoms with E-state index in [0.29, 0.717) is 20.9 Å². The molecule has 1 amide bonds. The Morgan fingerprint density at radius 3 is 2.92 bits per heavy atom. The van der Waals surface area contributed by atoms with Crippen LogP contribution in [0.1, 0.15) is 0 Å². The highest BCUT2D eigenvalue weighted by molar-refractivity contribution is 7.99. The summed E-state index contributed by atoms with van der Waals surface area (Å²) in [5, 5.41) is 12.8. The molecule has 0 aliphatic carbocycles. The van der Waals surface area contributed by atoms with Gasteiger partial charge in [-0.3, -0.25) is 9.20 Å². The summed E-state index contributed by atoms with van der Waals surface area (Å²) in [6.45, 7) is 0. The van der Waals surface area contributed by atoms with Gasteiger partial charge in [-0.05, 0) is 30.3 Å². The molecule has 5 nitrogen and oxygen atoms in total. The second kappa shape index (κ2) is 6.84. The number of thiazole rings is 1. The zero-order valence-corrected chi connectivity index (χ0v) is 15.7. The smallest absolute Gasteiger partial charge is 0.234 e. The molecule has 2 heterocycles. The number of carbonyl (C=O) groups is 1. The van der Waals surface area contributed by atoms with Crippen LogP contribution in [0, 0.1) is 0 Å². The monoisotopic (exact) mass is 408 g/mol. The van der Waals surface area contributed by atoms with Gasteiger partial charge < -0.3 is 5.32 Å². The molecule has 0 saturated heterocycles. The fourth-order valence-corrected chi connectivity index (χ4v) is 4.46. The summed E-state index contributed by atoms with van der Waals surface area (Å²) in [6, 6.07) is 12.9. The number of hydrogen-bond acceptors (Lipinski definition) is 5.